The first kappa shape index (κ1) is 15.0. The number of nitrogens with one attached hydrogen (secondary N) is 1. The summed E-state index contributed by atoms with van der Waals surface area (Å²) in [4.78, 5) is 30.6. The monoisotopic (exact) mass is 288 g/mol. The van der Waals surface area contributed by atoms with Crippen molar-refractivity contribution < 1.29 is 0 Å². The van der Waals surface area contributed by atoms with Crippen LogP contribution in [0.25, 0.3) is 11.2 Å². The van der Waals surface area contributed by atoms with Gasteiger partial charge in [-0.25, -0.2) is 9.78 Å². The number of fused-ring (bicyclic) bond motifs is 1. The van der Waals surface area contributed by atoms with E-state index in [-0.39, 0.29) is 5.56 Å². The highest BCUT2D eigenvalue weighted by Gasteiger charge is 2.12. The lowest BCUT2D eigenvalue weighted by atomic mass is 10.3. The summed E-state index contributed by atoms with van der Waals surface area (Å²) in [6.07, 6.45) is 8.62. The smallest absolute Gasteiger partial charge is 0.325 e. The first-order valence-electron chi connectivity index (χ1n) is 7.08. The molecule has 2 aromatic rings. The van der Waals surface area contributed by atoms with Gasteiger partial charge in [-0.1, -0.05) is 12.2 Å². The van der Waals surface area contributed by atoms with E-state index in [2.05, 4.69) is 23.1 Å². The summed E-state index contributed by atoms with van der Waals surface area (Å²) in [5.41, 5.74) is 0.114. The quantitative estimate of drug-likeness (QED) is 0.595. The number of hydrogen-bond donors (Lipinski definition) is 1. The van der Waals surface area contributed by atoms with Crippen LogP contribution >= 0.6 is 0 Å². The van der Waals surface area contributed by atoms with Gasteiger partial charge in [-0.3, -0.25) is 14.3 Å². The van der Waals surface area contributed by atoms with Crippen molar-refractivity contribution >= 4 is 11.2 Å². The molecule has 0 amide bonds. The molecule has 112 valence electrons. The predicted molar refractivity (Wildman–Crippen MR) is 83.5 cm³/mol. The van der Waals surface area contributed by atoms with E-state index in [4.69, 9.17) is 0 Å². The highest BCUT2D eigenvalue weighted by molar-refractivity contribution is 5.69. The van der Waals surface area contributed by atoms with Crippen LogP contribution in [-0.2, 0) is 13.1 Å². The normalized spacial score (nSPS) is 10.9. The number of H-pyrrole nitrogens is 1. The topological polar surface area (TPSA) is 72.7 Å². The zero-order chi connectivity index (χ0) is 15.2. The van der Waals surface area contributed by atoms with E-state index in [0.717, 1.165) is 25.7 Å². The second-order valence-corrected chi connectivity index (χ2v) is 4.88. The van der Waals surface area contributed by atoms with Crippen LogP contribution in [0.15, 0.2) is 41.2 Å². The molecule has 0 bridgehead atoms. The molecule has 2 aromatic heterocycles. The van der Waals surface area contributed by atoms with Crippen molar-refractivity contribution in [2.24, 2.45) is 0 Å². The Bertz CT molecular complexity index is 751. The van der Waals surface area contributed by atoms with Crippen molar-refractivity contribution in [2.45, 2.75) is 38.8 Å². The lowest BCUT2D eigenvalue weighted by Crippen LogP contribution is -2.31. The number of aromatic amines is 1. The maximum Gasteiger partial charge on any atom is 0.330 e. The summed E-state index contributed by atoms with van der Waals surface area (Å²) >= 11 is 0. The Hall–Kier alpha value is -2.37. The molecule has 0 saturated carbocycles. The predicted octanol–water partition coefficient (Wildman–Crippen LogP) is 1.82. The van der Waals surface area contributed by atoms with Crippen LogP contribution in [0.1, 0.15) is 25.7 Å². The van der Waals surface area contributed by atoms with E-state index < -0.39 is 5.69 Å². The van der Waals surface area contributed by atoms with Crippen molar-refractivity contribution in [3.63, 3.8) is 0 Å². The van der Waals surface area contributed by atoms with Gasteiger partial charge in [-0.05, 0) is 25.7 Å². The van der Waals surface area contributed by atoms with E-state index >= 15 is 0 Å². The Kier molecular flexibility index (Phi) is 4.92. The minimum Gasteiger partial charge on any atom is -0.325 e. The number of rotatable bonds is 8. The molecule has 0 aromatic carbocycles. The van der Waals surface area contributed by atoms with E-state index in [1.54, 1.807) is 10.9 Å². The third kappa shape index (κ3) is 3.21. The number of aryl methyl sites for hydroxylation is 2. The fourth-order valence-corrected chi connectivity index (χ4v) is 2.30. The summed E-state index contributed by atoms with van der Waals surface area (Å²) in [5.74, 6) is 0. The average molecular weight is 288 g/mol. The minimum atomic E-state index is -0.409. The standard InChI is InChI=1S/C15H20N4O2/c1-3-5-7-9-18-11-16-13-12(18)14(20)17-15(21)19(13)10-8-6-4-2/h3-4,11H,1-2,5-10H2,(H,17,20,21). The van der Waals surface area contributed by atoms with Gasteiger partial charge in [0.05, 0.1) is 6.33 Å². The zero-order valence-electron chi connectivity index (χ0n) is 12.0. The van der Waals surface area contributed by atoms with E-state index in [1.165, 1.54) is 4.57 Å². The van der Waals surface area contributed by atoms with Crippen LogP contribution in [0.5, 0.6) is 0 Å². The molecule has 0 aliphatic rings. The van der Waals surface area contributed by atoms with Crippen molar-refractivity contribution in [1.82, 2.24) is 19.1 Å². The number of aromatic nitrogens is 4. The number of hydrogen-bond acceptors (Lipinski definition) is 3. The van der Waals surface area contributed by atoms with Gasteiger partial charge < -0.3 is 4.57 Å². The largest absolute Gasteiger partial charge is 0.330 e. The highest BCUT2D eigenvalue weighted by Crippen LogP contribution is 2.08. The molecule has 6 nitrogen and oxygen atoms in total. The Balaban J connectivity index is 2.41. The molecule has 0 aliphatic heterocycles. The average Bonchev–Trinajstić information content (AvgIpc) is 2.87. The Morgan fingerprint density at radius 2 is 1.81 bits per heavy atom. The van der Waals surface area contributed by atoms with Gasteiger partial charge in [-0.2, -0.15) is 0 Å². The molecule has 0 radical (unpaired) electrons. The third-order valence-electron chi connectivity index (χ3n) is 3.35. The van der Waals surface area contributed by atoms with E-state index in [1.807, 2.05) is 12.2 Å². The molecular formula is C15H20N4O2. The van der Waals surface area contributed by atoms with Crippen LogP contribution in [0.2, 0.25) is 0 Å². The van der Waals surface area contributed by atoms with Gasteiger partial charge in [0.1, 0.15) is 0 Å². The zero-order valence-corrected chi connectivity index (χ0v) is 12.0. The summed E-state index contributed by atoms with van der Waals surface area (Å²) in [7, 11) is 0. The molecule has 0 unspecified atom stereocenters. The van der Waals surface area contributed by atoms with Gasteiger partial charge in [0.25, 0.3) is 5.56 Å². The van der Waals surface area contributed by atoms with Crippen molar-refractivity contribution in [2.75, 3.05) is 0 Å². The van der Waals surface area contributed by atoms with E-state index in [0.29, 0.717) is 24.3 Å². The van der Waals surface area contributed by atoms with Gasteiger partial charge >= 0.3 is 5.69 Å². The van der Waals surface area contributed by atoms with Crippen molar-refractivity contribution in [1.29, 1.82) is 0 Å². The number of imidazole rings is 1. The molecule has 21 heavy (non-hydrogen) atoms. The molecule has 0 spiro atoms. The lowest BCUT2D eigenvalue weighted by molar-refractivity contribution is 0.626. The number of allylic oxidation sites excluding steroid dienone is 2. The SMILES string of the molecule is C=CCCCn1cnc2c1c(=O)[nH]c(=O)n2CCCC=C. The Morgan fingerprint density at radius 3 is 2.48 bits per heavy atom. The summed E-state index contributed by atoms with van der Waals surface area (Å²) in [6.45, 7) is 8.54. The van der Waals surface area contributed by atoms with Crippen molar-refractivity contribution in [3.05, 3.63) is 52.5 Å². The maximum absolute atomic E-state index is 12.0. The summed E-state index contributed by atoms with van der Waals surface area (Å²) < 4.78 is 3.31. The van der Waals surface area contributed by atoms with E-state index in [9.17, 15) is 9.59 Å². The molecule has 0 aliphatic carbocycles. The molecule has 0 fully saturated rings. The van der Waals surface area contributed by atoms with Crippen LogP contribution < -0.4 is 11.2 Å². The fraction of sp³-hybridized carbons (Fsp3) is 0.400. The maximum atomic E-state index is 12.0. The third-order valence-corrected chi connectivity index (χ3v) is 3.35. The van der Waals surface area contributed by atoms with Gasteiger partial charge in [0.2, 0.25) is 0 Å². The molecule has 2 rings (SSSR count). The Labute approximate surface area is 122 Å². The van der Waals surface area contributed by atoms with Crippen LogP contribution in [0.3, 0.4) is 0 Å². The number of nitrogens with zero attached hydrogens (tertiary/aromatic N) is 3. The van der Waals surface area contributed by atoms with Crippen LogP contribution in [-0.4, -0.2) is 19.1 Å². The minimum absolute atomic E-state index is 0.383. The van der Waals surface area contributed by atoms with Gasteiger partial charge in [0.15, 0.2) is 11.2 Å². The molecular weight excluding hydrogens is 268 g/mol. The molecule has 2 heterocycles. The van der Waals surface area contributed by atoms with Crippen LogP contribution in [0.4, 0.5) is 0 Å². The molecule has 0 atom stereocenters. The Morgan fingerprint density at radius 1 is 1.14 bits per heavy atom. The summed E-state index contributed by atoms with van der Waals surface area (Å²) in [5, 5.41) is 0. The first-order valence-corrected chi connectivity index (χ1v) is 7.08. The lowest BCUT2D eigenvalue weighted by Gasteiger charge is -2.06. The molecule has 0 saturated heterocycles. The highest BCUT2D eigenvalue weighted by atomic mass is 16.2. The van der Waals surface area contributed by atoms with Crippen LogP contribution in [0, 0.1) is 0 Å². The van der Waals surface area contributed by atoms with Gasteiger partial charge in [0, 0.05) is 13.1 Å². The first-order chi connectivity index (χ1) is 10.2. The van der Waals surface area contributed by atoms with Gasteiger partial charge in [-0.15, -0.1) is 13.2 Å². The number of unbranched alkanes of at least 4 members (excludes halogenated alkanes) is 2. The summed E-state index contributed by atoms with van der Waals surface area (Å²) in [6, 6.07) is 0. The van der Waals surface area contributed by atoms with Crippen molar-refractivity contribution in [3.8, 4) is 0 Å². The fourth-order valence-electron chi connectivity index (χ4n) is 2.30. The molecule has 6 heteroatoms. The second-order valence-electron chi connectivity index (χ2n) is 4.88. The second kappa shape index (κ2) is 6.88. The molecule has 1 N–H and O–H groups in total.